The molecule has 0 fully saturated rings. The topological polar surface area (TPSA) is 64.6 Å². The van der Waals surface area contributed by atoms with Crippen molar-refractivity contribution in [2.24, 2.45) is 0 Å². The first-order valence-electron chi connectivity index (χ1n) is 10.6. The number of quaternary nitrogens is 1. The van der Waals surface area contributed by atoms with Gasteiger partial charge in [-0.05, 0) is 49.6 Å². The van der Waals surface area contributed by atoms with E-state index < -0.39 is 0 Å². The summed E-state index contributed by atoms with van der Waals surface area (Å²) >= 11 is 0. The second-order valence-electron chi connectivity index (χ2n) is 7.43. The molecule has 2 aromatic rings. The van der Waals surface area contributed by atoms with E-state index >= 15 is 0 Å². The summed E-state index contributed by atoms with van der Waals surface area (Å²) < 4.78 is 17.1. The normalized spacial score (nSPS) is 14.9. The Morgan fingerprint density at radius 1 is 1.03 bits per heavy atom. The Hall–Kier alpha value is -2.73. The fourth-order valence-corrected chi connectivity index (χ4v) is 4.51. The molecule has 1 atom stereocenters. The predicted octanol–water partition coefficient (Wildman–Crippen LogP) is 2.77. The van der Waals surface area contributed by atoms with E-state index in [4.69, 9.17) is 14.2 Å². The van der Waals surface area contributed by atoms with Gasteiger partial charge >= 0.3 is 0 Å². The molecule has 0 amide bonds. The third kappa shape index (κ3) is 3.72. The number of hydrogen-bond acceptors (Lipinski definition) is 5. The number of anilines is 1. The molecular formula is C24H33N2O4+. The molecule has 3 rings (SSSR count). The minimum atomic E-state index is 0.0506. The Morgan fingerprint density at radius 3 is 2.30 bits per heavy atom. The van der Waals surface area contributed by atoms with Crippen molar-refractivity contribution in [1.29, 1.82) is 0 Å². The number of fused-ring (bicyclic) bond motifs is 3. The van der Waals surface area contributed by atoms with Crippen molar-refractivity contribution in [3.63, 3.8) is 0 Å². The van der Waals surface area contributed by atoms with E-state index in [0.717, 1.165) is 53.9 Å². The lowest BCUT2D eigenvalue weighted by Crippen LogP contribution is -2.81. The van der Waals surface area contributed by atoms with Crippen LogP contribution in [0.2, 0.25) is 0 Å². The third-order valence-electron chi connectivity index (χ3n) is 6.07. The first-order chi connectivity index (χ1) is 14.5. The largest absolute Gasteiger partial charge is 0.493 e. The van der Waals surface area contributed by atoms with Crippen LogP contribution in [0.15, 0.2) is 29.1 Å². The molecule has 1 unspecified atom stereocenters. The Labute approximate surface area is 178 Å². The summed E-state index contributed by atoms with van der Waals surface area (Å²) in [4.78, 5) is 15.3. The summed E-state index contributed by atoms with van der Waals surface area (Å²) in [6.07, 6.45) is 1.77. The molecule has 2 N–H and O–H groups in total. The second-order valence-corrected chi connectivity index (χ2v) is 7.43. The van der Waals surface area contributed by atoms with Crippen molar-refractivity contribution in [1.82, 2.24) is 0 Å². The van der Waals surface area contributed by atoms with Gasteiger partial charge in [-0.25, -0.2) is 0 Å². The van der Waals surface area contributed by atoms with Crippen molar-refractivity contribution in [3.8, 4) is 28.4 Å². The fraction of sp³-hybridized carbons (Fsp3) is 0.458. The molecular weight excluding hydrogens is 380 g/mol. The van der Waals surface area contributed by atoms with Gasteiger partial charge in [0.05, 0.1) is 34.1 Å². The van der Waals surface area contributed by atoms with E-state index in [1.807, 2.05) is 18.2 Å². The number of aryl methyl sites for hydroxylation is 1. The van der Waals surface area contributed by atoms with Crippen LogP contribution in [0, 0.1) is 0 Å². The highest BCUT2D eigenvalue weighted by atomic mass is 16.5. The number of ether oxygens (including phenoxy) is 3. The zero-order chi connectivity index (χ0) is 21.8. The number of nitrogens with two attached hydrogens (primary N) is 1. The fourth-order valence-electron chi connectivity index (χ4n) is 4.51. The molecule has 0 aliphatic heterocycles. The van der Waals surface area contributed by atoms with E-state index in [1.54, 1.807) is 21.3 Å². The molecule has 0 heterocycles. The molecule has 1 aliphatic rings. The van der Waals surface area contributed by atoms with Crippen molar-refractivity contribution in [3.05, 3.63) is 45.6 Å². The van der Waals surface area contributed by atoms with Crippen molar-refractivity contribution in [2.75, 3.05) is 46.4 Å². The Bertz CT molecular complexity index is 970. The zero-order valence-corrected chi connectivity index (χ0v) is 18.9. The van der Waals surface area contributed by atoms with Crippen LogP contribution in [0.3, 0.4) is 0 Å². The Kier molecular flexibility index (Phi) is 6.87. The summed E-state index contributed by atoms with van der Waals surface area (Å²) in [6, 6.07) is 8.05. The molecule has 30 heavy (non-hydrogen) atoms. The van der Waals surface area contributed by atoms with Crippen LogP contribution in [0.5, 0.6) is 17.2 Å². The average Bonchev–Trinajstić information content (AvgIpc) is 3.01. The first-order valence-corrected chi connectivity index (χ1v) is 10.6. The maximum absolute atomic E-state index is 13.2. The highest BCUT2D eigenvalue weighted by Gasteiger charge is 2.30. The Morgan fingerprint density at radius 2 is 1.73 bits per heavy atom. The van der Waals surface area contributed by atoms with Gasteiger partial charge < -0.3 is 24.4 Å². The van der Waals surface area contributed by atoms with Crippen LogP contribution in [0.4, 0.5) is 5.69 Å². The van der Waals surface area contributed by atoms with Gasteiger partial charge in [0, 0.05) is 30.6 Å². The van der Waals surface area contributed by atoms with Gasteiger partial charge in [0.1, 0.15) is 6.04 Å². The van der Waals surface area contributed by atoms with Crippen LogP contribution in [-0.4, -0.2) is 41.5 Å². The zero-order valence-electron chi connectivity index (χ0n) is 18.9. The molecule has 6 nitrogen and oxygen atoms in total. The minimum absolute atomic E-state index is 0.0506. The number of hydrogen-bond donors (Lipinski definition) is 1. The Balaban J connectivity index is 2.40. The summed E-state index contributed by atoms with van der Waals surface area (Å²) in [6.45, 7) is 5.71. The van der Waals surface area contributed by atoms with Gasteiger partial charge in [-0.2, -0.15) is 0 Å². The highest BCUT2D eigenvalue weighted by Crippen LogP contribution is 2.49. The van der Waals surface area contributed by atoms with Crippen LogP contribution in [0.25, 0.3) is 11.1 Å². The number of nitrogens with zero attached hydrogens (tertiary/aromatic N) is 1. The van der Waals surface area contributed by atoms with Gasteiger partial charge in [0.2, 0.25) is 11.2 Å². The third-order valence-corrected chi connectivity index (χ3v) is 6.07. The maximum atomic E-state index is 13.2. The van der Waals surface area contributed by atoms with Gasteiger partial charge in [0.25, 0.3) is 0 Å². The van der Waals surface area contributed by atoms with Gasteiger partial charge in [-0.15, -0.1) is 0 Å². The van der Waals surface area contributed by atoms with Crippen molar-refractivity contribution < 1.29 is 19.5 Å². The number of benzene rings is 1. The average molecular weight is 414 g/mol. The van der Waals surface area contributed by atoms with Crippen LogP contribution >= 0.6 is 0 Å². The predicted molar refractivity (Wildman–Crippen MR) is 120 cm³/mol. The highest BCUT2D eigenvalue weighted by molar-refractivity contribution is 5.82. The van der Waals surface area contributed by atoms with E-state index in [-0.39, 0.29) is 11.5 Å². The van der Waals surface area contributed by atoms with Crippen LogP contribution < -0.4 is 29.9 Å². The quantitative estimate of drug-likeness (QED) is 0.756. The van der Waals surface area contributed by atoms with E-state index in [0.29, 0.717) is 17.2 Å². The molecule has 1 aliphatic carbocycles. The van der Waals surface area contributed by atoms with E-state index in [1.165, 1.54) is 0 Å². The lowest BCUT2D eigenvalue weighted by molar-refractivity contribution is -0.670. The molecule has 6 heteroatoms. The molecule has 0 spiro atoms. The summed E-state index contributed by atoms with van der Waals surface area (Å²) in [5.41, 5.74) is 4.94. The smallest absolute Gasteiger partial charge is 0.203 e. The lowest BCUT2D eigenvalue weighted by atomic mass is 9.95. The van der Waals surface area contributed by atoms with Crippen LogP contribution in [-0.2, 0) is 6.42 Å². The molecule has 0 aromatic heterocycles. The minimum Gasteiger partial charge on any atom is -0.493 e. The van der Waals surface area contributed by atoms with E-state index in [9.17, 15) is 4.79 Å². The molecule has 0 bridgehead atoms. The maximum Gasteiger partial charge on any atom is 0.203 e. The molecule has 0 radical (unpaired) electrons. The summed E-state index contributed by atoms with van der Waals surface area (Å²) in [7, 11) is 6.96. The van der Waals surface area contributed by atoms with Gasteiger partial charge in [-0.3, -0.25) is 4.79 Å². The molecule has 2 aromatic carbocycles. The van der Waals surface area contributed by atoms with Crippen LogP contribution in [0.1, 0.15) is 37.4 Å². The van der Waals surface area contributed by atoms with Crippen molar-refractivity contribution in [2.45, 2.75) is 32.7 Å². The van der Waals surface area contributed by atoms with Gasteiger partial charge in [-0.1, -0.05) is 6.07 Å². The SMILES string of the molecule is CCN(CC)c1ccc2c(cc1=O)C([NH2+]C)CCc1cc(OC)c(OC)c(OC)c1-2. The van der Waals surface area contributed by atoms with Crippen molar-refractivity contribution >= 4 is 5.69 Å². The number of rotatable bonds is 7. The molecule has 0 saturated carbocycles. The second kappa shape index (κ2) is 9.39. The van der Waals surface area contributed by atoms with E-state index in [2.05, 4.69) is 37.2 Å². The first kappa shape index (κ1) is 22.0. The molecule has 0 saturated heterocycles. The number of methoxy groups -OCH3 is 3. The standard InChI is InChI=1S/C24H32N2O4/c1-7-26(8-2)19-12-10-16-17(14-20(19)27)18(25-3)11-9-15-13-21(28-4)23(29-5)24(30-6)22(15)16/h10,12-14,18,25H,7-9,11H2,1-6H3/p+1. The molecule has 162 valence electrons. The summed E-state index contributed by atoms with van der Waals surface area (Å²) in [5, 5.41) is 2.18. The summed E-state index contributed by atoms with van der Waals surface area (Å²) in [5.74, 6) is 1.87. The lowest BCUT2D eigenvalue weighted by Gasteiger charge is -2.19. The monoisotopic (exact) mass is 413 g/mol. The van der Waals surface area contributed by atoms with Gasteiger partial charge in [0.15, 0.2) is 11.5 Å².